The van der Waals surface area contributed by atoms with E-state index in [0.29, 0.717) is 5.57 Å². The molecule has 0 fully saturated rings. The Labute approximate surface area is 217 Å². The lowest BCUT2D eigenvalue weighted by Crippen LogP contribution is -2.51. The van der Waals surface area contributed by atoms with E-state index in [1.807, 2.05) is 30.3 Å². The first-order valence-corrected chi connectivity index (χ1v) is 11.9. The Morgan fingerprint density at radius 2 is 1.89 bits per heavy atom. The molecule has 9 nitrogen and oxygen atoms in total. The standard InChI is InChI=1S/C28H23FN2O7/c1-2-36-28(35)21-25(37-15-17-6-4-3-5-7-17)22-23-24(38-20(27(33)34)14-31(23)26(21)32)18(13-30-22)12-16-8-10-19(29)11-9-16/h3-11,13-14,24,28,35H,2,12,15H2,1H3/p+1. The van der Waals surface area contributed by atoms with E-state index in [1.54, 1.807) is 19.1 Å². The van der Waals surface area contributed by atoms with E-state index < -0.39 is 30.0 Å². The fraction of sp³-hybridized carbons (Fsp3) is 0.214. The molecule has 0 aliphatic carbocycles. The number of aliphatic carboxylic acids is 1. The molecule has 1 amide bonds. The summed E-state index contributed by atoms with van der Waals surface area (Å²) in [4.78, 5) is 30.2. The number of aliphatic hydroxyl groups is 1. The van der Waals surface area contributed by atoms with Gasteiger partial charge in [0.25, 0.3) is 11.5 Å². The summed E-state index contributed by atoms with van der Waals surface area (Å²) < 4.78 is 31.8. The summed E-state index contributed by atoms with van der Waals surface area (Å²) in [5.41, 5.74) is 2.37. The molecule has 2 aromatic rings. The van der Waals surface area contributed by atoms with Crippen molar-refractivity contribution in [3.63, 3.8) is 0 Å². The second-order valence-electron chi connectivity index (χ2n) is 8.67. The third kappa shape index (κ3) is 4.79. The van der Waals surface area contributed by atoms with Crippen LogP contribution in [-0.4, -0.2) is 57.1 Å². The number of nitrogens with zero attached hydrogens (tertiary/aromatic N) is 2. The number of allylic oxidation sites excluding steroid dienone is 1. The number of aliphatic imine (C=N–C) groups is 1. The van der Waals surface area contributed by atoms with Crippen LogP contribution in [0.15, 0.2) is 94.7 Å². The van der Waals surface area contributed by atoms with Gasteiger partial charge in [0.15, 0.2) is 23.3 Å². The van der Waals surface area contributed by atoms with Crippen molar-refractivity contribution in [2.45, 2.75) is 32.3 Å². The normalized spacial score (nSPS) is 19.2. The Bertz CT molecular complexity index is 1440. The number of ether oxygens (including phenoxy) is 3. The summed E-state index contributed by atoms with van der Waals surface area (Å²) in [5.74, 6) is -2.93. The van der Waals surface area contributed by atoms with Crippen molar-refractivity contribution in [2.24, 2.45) is 4.99 Å². The van der Waals surface area contributed by atoms with E-state index in [4.69, 9.17) is 14.2 Å². The molecule has 194 valence electrons. The van der Waals surface area contributed by atoms with Gasteiger partial charge in [0.1, 0.15) is 12.4 Å². The number of carboxylic acid groups (broad SMARTS) is 1. The van der Waals surface area contributed by atoms with Gasteiger partial charge in [-0.25, -0.2) is 19.0 Å². The summed E-state index contributed by atoms with van der Waals surface area (Å²) >= 11 is 0. The molecule has 0 aromatic heterocycles. The number of carbonyl (C=O) groups is 2. The molecular weight excluding hydrogens is 495 g/mol. The van der Waals surface area contributed by atoms with Gasteiger partial charge in [-0.2, -0.15) is 0 Å². The molecule has 2 unspecified atom stereocenters. The van der Waals surface area contributed by atoms with Crippen molar-refractivity contribution >= 4 is 23.3 Å². The third-order valence-corrected chi connectivity index (χ3v) is 6.18. The summed E-state index contributed by atoms with van der Waals surface area (Å²) in [6.07, 6.45) is 0.198. The number of rotatable bonds is 9. The van der Waals surface area contributed by atoms with Gasteiger partial charge < -0.3 is 24.4 Å². The quantitative estimate of drug-likeness (QED) is 0.387. The van der Waals surface area contributed by atoms with Crippen LogP contribution in [0.25, 0.3) is 0 Å². The molecule has 38 heavy (non-hydrogen) atoms. The minimum atomic E-state index is -1.64. The van der Waals surface area contributed by atoms with Crippen molar-refractivity contribution < 1.29 is 43.0 Å². The number of aliphatic hydroxyl groups excluding tert-OH is 1. The van der Waals surface area contributed by atoms with Gasteiger partial charge in [0.05, 0.1) is 0 Å². The van der Waals surface area contributed by atoms with Gasteiger partial charge in [-0.1, -0.05) is 42.5 Å². The van der Waals surface area contributed by atoms with Crippen molar-refractivity contribution in [2.75, 3.05) is 6.61 Å². The fourth-order valence-electron chi connectivity index (χ4n) is 4.41. The van der Waals surface area contributed by atoms with Gasteiger partial charge in [-0.05, 0) is 36.6 Å². The molecule has 3 aliphatic rings. The Kier molecular flexibility index (Phi) is 6.99. The third-order valence-electron chi connectivity index (χ3n) is 6.18. The summed E-state index contributed by atoms with van der Waals surface area (Å²) in [6.45, 7) is 1.84. The second-order valence-corrected chi connectivity index (χ2v) is 8.67. The Morgan fingerprint density at radius 1 is 1.16 bits per heavy atom. The van der Waals surface area contributed by atoms with Crippen LogP contribution in [0.3, 0.4) is 0 Å². The molecule has 0 saturated carbocycles. The zero-order chi connectivity index (χ0) is 26.8. The van der Waals surface area contributed by atoms with Crippen molar-refractivity contribution in [3.05, 3.63) is 107 Å². The Morgan fingerprint density at radius 3 is 2.58 bits per heavy atom. The SMILES string of the molecule is CCOC(O)C1=C(OCc2ccccc2)C2=NC=C(Cc3ccc(F)cc3)C3OC(C(=O)O)=C[N+](=C23)C1=O. The van der Waals surface area contributed by atoms with Crippen LogP contribution in [0.4, 0.5) is 4.39 Å². The number of halogens is 1. The maximum absolute atomic E-state index is 13.7. The molecule has 10 heteroatoms. The number of hydrogen-bond donors (Lipinski definition) is 2. The van der Waals surface area contributed by atoms with Crippen LogP contribution in [0.1, 0.15) is 18.1 Å². The topological polar surface area (TPSA) is 118 Å². The van der Waals surface area contributed by atoms with Crippen molar-refractivity contribution in [1.82, 2.24) is 0 Å². The van der Waals surface area contributed by atoms with E-state index in [2.05, 4.69) is 4.99 Å². The highest BCUT2D eigenvalue weighted by atomic mass is 19.1. The smallest absolute Gasteiger partial charge is 0.430 e. The van der Waals surface area contributed by atoms with E-state index in [0.717, 1.165) is 21.9 Å². The monoisotopic (exact) mass is 519 g/mol. The number of carbonyl (C=O) groups excluding carboxylic acids is 1. The molecule has 0 spiro atoms. The predicted molar refractivity (Wildman–Crippen MR) is 132 cm³/mol. The van der Waals surface area contributed by atoms with E-state index in [1.165, 1.54) is 18.3 Å². The number of hydrogen-bond acceptors (Lipinski definition) is 7. The van der Waals surface area contributed by atoms with Gasteiger partial charge in [0, 0.05) is 18.4 Å². The molecule has 3 heterocycles. The molecule has 0 bridgehead atoms. The largest absolute Gasteiger partial charge is 0.485 e. The van der Waals surface area contributed by atoms with Crippen LogP contribution in [0, 0.1) is 5.82 Å². The van der Waals surface area contributed by atoms with E-state index >= 15 is 0 Å². The highest BCUT2D eigenvalue weighted by Gasteiger charge is 2.52. The number of benzene rings is 2. The van der Waals surface area contributed by atoms with Crippen LogP contribution in [0.2, 0.25) is 0 Å². The molecule has 2 N–H and O–H groups in total. The molecule has 2 atom stereocenters. The lowest BCUT2D eigenvalue weighted by molar-refractivity contribution is -0.388. The first kappa shape index (κ1) is 25.2. The molecule has 3 aliphatic heterocycles. The highest BCUT2D eigenvalue weighted by molar-refractivity contribution is 6.51. The molecule has 0 radical (unpaired) electrons. The van der Waals surface area contributed by atoms with Crippen LogP contribution >= 0.6 is 0 Å². The average Bonchev–Trinajstić information content (AvgIpc) is 2.92. The average molecular weight is 520 g/mol. The Balaban J connectivity index is 1.63. The van der Waals surface area contributed by atoms with Crippen LogP contribution in [-0.2, 0) is 36.8 Å². The van der Waals surface area contributed by atoms with Gasteiger partial charge in [-0.15, -0.1) is 4.58 Å². The fourth-order valence-corrected chi connectivity index (χ4v) is 4.41. The second kappa shape index (κ2) is 10.5. The maximum atomic E-state index is 13.7. The predicted octanol–water partition coefficient (Wildman–Crippen LogP) is 2.85. The maximum Gasteiger partial charge on any atom is 0.430 e. The molecular formula is C28H24FN2O7+. The summed E-state index contributed by atoms with van der Waals surface area (Å²) in [5, 5.41) is 20.5. The van der Waals surface area contributed by atoms with Crippen LogP contribution in [0.5, 0.6) is 0 Å². The number of amides is 1. The minimum Gasteiger partial charge on any atom is -0.485 e. The highest BCUT2D eigenvalue weighted by Crippen LogP contribution is 2.33. The van der Waals surface area contributed by atoms with Crippen molar-refractivity contribution in [1.29, 1.82) is 0 Å². The van der Waals surface area contributed by atoms with Gasteiger partial charge >= 0.3 is 11.9 Å². The van der Waals surface area contributed by atoms with Gasteiger partial charge in [-0.3, -0.25) is 0 Å². The summed E-state index contributed by atoms with van der Waals surface area (Å²) in [6, 6.07) is 15.1. The van der Waals surface area contributed by atoms with E-state index in [-0.39, 0.29) is 48.2 Å². The number of carboxylic acids is 1. The molecule has 5 rings (SSSR count). The Hall–Kier alpha value is -4.41. The minimum absolute atomic E-state index is 0.0175. The van der Waals surface area contributed by atoms with Gasteiger partial charge in [0.2, 0.25) is 12.3 Å². The lowest BCUT2D eigenvalue weighted by Gasteiger charge is -2.31. The van der Waals surface area contributed by atoms with E-state index in [9.17, 15) is 24.2 Å². The lowest BCUT2D eigenvalue weighted by atomic mass is 9.89. The zero-order valence-electron chi connectivity index (χ0n) is 20.3. The molecule has 2 aromatic carbocycles. The zero-order valence-corrected chi connectivity index (χ0v) is 20.3. The summed E-state index contributed by atoms with van der Waals surface area (Å²) in [7, 11) is 0. The van der Waals surface area contributed by atoms with Crippen LogP contribution < -0.4 is 0 Å². The first-order valence-electron chi connectivity index (χ1n) is 11.9. The van der Waals surface area contributed by atoms with Crippen molar-refractivity contribution in [3.8, 4) is 0 Å². The first-order chi connectivity index (χ1) is 18.4. The molecule has 0 saturated heterocycles.